The molecule has 3 atom stereocenters. The monoisotopic (exact) mass is 508 g/mol. The van der Waals surface area contributed by atoms with Crippen molar-refractivity contribution in [3.05, 3.63) is 112 Å². The van der Waals surface area contributed by atoms with Gasteiger partial charge < -0.3 is 5.32 Å². The van der Waals surface area contributed by atoms with Crippen LogP contribution in [0.3, 0.4) is 0 Å². The van der Waals surface area contributed by atoms with Gasteiger partial charge in [-0.05, 0) is 80.3 Å². The lowest BCUT2D eigenvalue weighted by molar-refractivity contribution is 0.281. The third-order valence-corrected chi connectivity index (χ3v) is 7.00. The summed E-state index contributed by atoms with van der Waals surface area (Å²) in [7, 11) is 0. The molecule has 6 nitrogen and oxygen atoms in total. The zero-order valence-corrected chi connectivity index (χ0v) is 21.9. The molecule has 37 heavy (non-hydrogen) atoms. The van der Waals surface area contributed by atoms with Crippen LogP contribution < -0.4 is 5.32 Å². The number of benzene rings is 3. The van der Waals surface area contributed by atoms with Crippen LogP contribution in [0.5, 0.6) is 0 Å². The predicted molar refractivity (Wildman–Crippen MR) is 145 cm³/mol. The van der Waals surface area contributed by atoms with E-state index in [2.05, 4.69) is 40.8 Å². The van der Waals surface area contributed by atoms with E-state index in [-0.39, 0.29) is 18.0 Å². The number of halogens is 1. The molecule has 0 aliphatic heterocycles. The zero-order chi connectivity index (χ0) is 26.4. The fourth-order valence-electron chi connectivity index (χ4n) is 4.65. The Morgan fingerprint density at radius 1 is 1.00 bits per heavy atom. The van der Waals surface area contributed by atoms with Crippen molar-refractivity contribution < 1.29 is 0 Å². The standard InChI is InChI=1S/C30H29ClN6/c1-21(28(17-22-10-12-26(31)13-11-22)24-7-4-6-23(16-24)19-32)35-29(30(2,3)20-33)25-8-5-9-27(18-25)37-15-14-34-36-37/h4-16,18,21,28-29,35H,17H2,1-3H3. The topological polar surface area (TPSA) is 90.3 Å². The highest BCUT2D eigenvalue weighted by molar-refractivity contribution is 6.30. The molecule has 0 saturated heterocycles. The Morgan fingerprint density at radius 3 is 2.41 bits per heavy atom. The van der Waals surface area contributed by atoms with E-state index in [9.17, 15) is 10.5 Å². The van der Waals surface area contributed by atoms with Crippen molar-refractivity contribution in [2.45, 2.75) is 45.2 Å². The Bertz CT molecular complexity index is 1410. The minimum Gasteiger partial charge on any atom is -0.305 e. The second-order valence-corrected chi connectivity index (χ2v) is 10.3. The van der Waals surface area contributed by atoms with Gasteiger partial charge in [0, 0.05) is 17.0 Å². The van der Waals surface area contributed by atoms with Crippen LogP contribution in [0.4, 0.5) is 0 Å². The van der Waals surface area contributed by atoms with Crippen molar-refractivity contribution in [2.24, 2.45) is 5.41 Å². The smallest absolute Gasteiger partial charge is 0.0991 e. The molecule has 0 bridgehead atoms. The van der Waals surface area contributed by atoms with Gasteiger partial charge in [-0.15, -0.1) is 5.10 Å². The van der Waals surface area contributed by atoms with Gasteiger partial charge in [0.25, 0.3) is 0 Å². The van der Waals surface area contributed by atoms with Crippen molar-refractivity contribution in [3.8, 4) is 17.8 Å². The minimum atomic E-state index is -0.700. The Balaban J connectivity index is 1.71. The second-order valence-electron chi connectivity index (χ2n) is 9.84. The van der Waals surface area contributed by atoms with Gasteiger partial charge in [-0.2, -0.15) is 10.5 Å². The molecule has 3 aromatic carbocycles. The Hall–Kier alpha value is -3.97. The van der Waals surface area contributed by atoms with Gasteiger partial charge in [0.2, 0.25) is 0 Å². The van der Waals surface area contributed by atoms with E-state index in [4.69, 9.17) is 11.6 Å². The molecule has 0 spiro atoms. The molecular formula is C30H29ClN6. The maximum atomic E-state index is 10.1. The van der Waals surface area contributed by atoms with Crippen LogP contribution >= 0.6 is 11.6 Å². The molecule has 0 aliphatic carbocycles. The van der Waals surface area contributed by atoms with Crippen molar-refractivity contribution in [2.75, 3.05) is 0 Å². The quantitative estimate of drug-likeness (QED) is 0.283. The van der Waals surface area contributed by atoms with Crippen molar-refractivity contribution >= 4 is 11.6 Å². The first-order chi connectivity index (χ1) is 17.8. The number of hydrogen-bond donors (Lipinski definition) is 1. The van der Waals surface area contributed by atoms with Gasteiger partial charge in [-0.1, -0.05) is 53.2 Å². The molecule has 0 amide bonds. The van der Waals surface area contributed by atoms with Crippen LogP contribution in [0.1, 0.15) is 55.0 Å². The van der Waals surface area contributed by atoms with Crippen LogP contribution in [0.2, 0.25) is 5.02 Å². The summed E-state index contributed by atoms with van der Waals surface area (Å²) in [5.74, 6) is 0.0463. The van der Waals surface area contributed by atoms with E-state index in [1.165, 1.54) is 0 Å². The highest BCUT2D eigenvalue weighted by atomic mass is 35.5. The lowest BCUT2D eigenvalue weighted by atomic mass is 9.79. The Labute approximate surface area is 223 Å². The van der Waals surface area contributed by atoms with Crippen LogP contribution in [-0.2, 0) is 6.42 Å². The van der Waals surface area contributed by atoms with Gasteiger partial charge in [-0.3, -0.25) is 0 Å². The van der Waals surface area contributed by atoms with Gasteiger partial charge in [0.1, 0.15) is 0 Å². The average molecular weight is 509 g/mol. The summed E-state index contributed by atoms with van der Waals surface area (Å²) in [6.45, 7) is 6.04. The van der Waals surface area contributed by atoms with Gasteiger partial charge in [-0.25, -0.2) is 4.68 Å². The molecule has 0 saturated carbocycles. The minimum absolute atomic E-state index is 0.0303. The third kappa shape index (κ3) is 6.24. The predicted octanol–water partition coefficient (Wildman–Crippen LogP) is 6.39. The first-order valence-corrected chi connectivity index (χ1v) is 12.6. The number of nitrogens with one attached hydrogen (secondary N) is 1. The van der Waals surface area contributed by atoms with Gasteiger partial charge >= 0.3 is 0 Å². The van der Waals surface area contributed by atoms with E-state index >= 15 is 0 Å². The molecule has 0 fully saturated rings. The molecule has 7 heteroatoms. The summed E-state index contributed by atoms with van der Waals surface area (Å²) in [4.78, 5) is 0. The van der Waals surface area contributed by atoms with E-state index in [1.807, 2.05) is 80.6 Å². The summed E-state index contributed by atoms with van der Waals surface area (Å²) in [6.07, 6.45) is 4.18. The van der Waals surface area contributed by atoms with E-state index in [0.717, 1.165) is 28.8 Å². The number of aromatic nitrogens is 3. The normalized spacial score (nSPS) is 13.8. The zero-order valence-electron chi connectivity index (χ0n) is 21.1. The highest BCUT2D eigenvalue weighted by Crippen LogP contribution is 2.36. The molecule has 4 aromatic rings. The maximum Gasteiger partial charge on any atom is 0.0991 e. The number of nitrogens with zero attached hydrogens (tertiary/aromatic N) is 5. The Kier molecular flexibility index (Phi) is 8.04. The average Bonchev–Trinajstić information content (AvgIpc) is 3.46. The SMILES string of the molecule is CC(NC(c1cccc(-n2ccnn2)c1)C(C)(C)C#N)C(Cc1ccc(Cl)cc1)c1cccc(C#N)c1. The van der Waals surface area contributed by atoms with E-state index in [1.54, 1.807) is 17.1 Å². The second kappa shape index (κ2) is 11.4. The van der Waals surface area contributed by atoms with Crippen LogP contribution in [0.25, 0.3) is 5.69 Å². The summed E-state index contributed by atoms with van der Waals surface area (Å²) in [5.41, 5.74) is 4.01. The van der Waals surface area contributed by atoms with Crippen molar-refractivity contribution in [3.63, 3.8) is 0 Å². The molecular weight excluding hydrogens is 480 g/mol. The maximum absolute atomic E-state index is 10.1. The molecule has 0 radical (unpaired) electrons. The van der Waals surface area contributed by atoms with Gasteiger partial charge in [0.05, 0.1) is 47.2 Å². The van der Waals surface area contributed by atoms with E-state index in [0.29, 0.717) is 10.6 Å². The molecule has 4 rings (SSSR count). The van der Waals surface area contributed by atoms with Crippen molar-refractivity contribution in [1.29, 1.82) is 10.5 Å². The number of rotatable bonds is 9. The van der Waals surface area contributed by atoms with Gasteiger partial charge in [0.15, 0.2) is 0 Å². The summed E-state index contributed by atoms with van der Waals surface area (Å²) >= 11 is 6.13. The van der Waals surface area contributed by atoms with Crippen LogP contribution in [-0.4, -0.2) is 21.0 Å². The lowest BCUT2D eigenvalue weighted by Gasteiger charge is -2.36. The lowest BCUT2D eigenvalue weighted by Crippen LogP contribution is -2.42. The fourth-order valence-corrected chi connectivity index (χ4v) is 4.78. The third-order valence-electron chi connectivity index (χ3n) is 6.75. The highest BCUT2D eigenvalue weighted by Gasteiger charge is 2.34. The summed E-state index contributed by atoms with van der Waals surface area (Å²) in [5, 5.41) is 32.1. The molecule has 0 aliphatic rings. The molecule has 186 valence electrons. The fraction of sp³-hybridized carbons (Fsp3) is 0.267. The molecule has 1 aromatic heterocycles. The van der Waals surface area contributed by atoms with Crippen molar-refractivity contribution in [1.82, 2.24) is 20.3 Å². The first-order valence-electron chi connectivity index (χ1n) is 12.2. The summed E-state index contributed by atoms with van der Waals surface area (Å²) in [6, 6.07) is 28.1. The summed E-state index contributed by atoms with van der Waals surface area (Å²) < 4.78 is 1.71. The largest absolute Gasteiger partial charge is 0.305 e. The first kappa shape index (κ1) is 26.1. The Morgan fingerprint density at radius 2 is 1.73 bits per heavy atom. The molecule has 1 N–H and O–H groups in total. The number of hydrogen-bond acceptors (Lipinski definition) is 5. The van der Waals surface area contributed by atoms with Crippen LogP contribution in [0, 0.1) is 28.1 Å². The van der Waals surface area contributed by atoms with Crippen LogP contribution in [0.15, 0.2) is 85.2 Å². The molecule has 1 heterocycles. The van der Waals surface area contributed by atoms with E-state index < -0.39 is 5.41 Å². The number of nitriles is 2. The molecule has 3 unspecified atom stereocenters.